The summed E-state index contributed by atoms with van der Waals surface area (Å²) in [4.78, 5) is 0. The molecule has 0 aromatic rings. The zero-order valence-corrected chi connectivity index (χ0v) is 27.7. The molecule has 2 aliphatic carbocycles. The Kier molecular flexibility index (Phi) is 14.2. The number of aliphatic hydroxyl groups excluding tert-OH is 6. The standard InChI is InChI=1S/C31H58N6O12/c32-9-19-23(41)24(42)21(36)30(45-19)48-27-20(12-39)46-31(25(27)43)49-28-22(40)14(2-1-5-38)8-18(35)26(28)47-29-17(34)4-3-16(44-29)11-37-10-13-6-15(33)7-13/h3-4,13-31,37-43H,1-2,5-12,32-36H2/t13?,14-,15?,16+,17-,18+,19+,20-,21-,22+,23-,24-,25-,26-,27-,28-,29-,30-,31+/m1/s1. The minimum Gasteiger partial charge on any atom is -0.396 e. The number of ether oxygens (including phenoxy) is 6. The molecule has 18 heteroatoms. The van der Waals surface area contributed by atoms with Gasteiger partial charge in [0.2, 0.25) is 0 Å². The number of nitrogens with one attached hydrogen (secondary N) is 1. The van der Waals surface area contributed by atoms with Crippen molar-refractivity contribution >= 4 is 0 Å². The summed E-state index contributed by atoms with van der Waals surface area (Å²) in [7, 11) is 0. The molecule has 2 saturated carbocycles. The van der Waals surface area contributed by atoms with Gasteiger partial charge in [-0.1, -0.05) is 12.2 Å². The van der Waals surface area contributed by atoms with Crippen molar-refractivity contribution in [2.75, 3.05) is 32.8 Å². The molecule has 0 unspecified atom stereocenters. The van der Waals surface area contributed by atoms with Gasteiger partial charge >= 0.3 is 0 Å². The van der Waals surface area contributed by atoms with Gasteiger partial charge in [0, 0.05) is 31.8 Å². The van der Waals surface area contributed by atoms with E-state index >= 15 is 0 Å². The molecule has 0 aromatic heterocycles. The molecule has 0 spiro atoms. The molecule has 0 radical (unpaired) electrons. The average Bonchev–Trinajstić information content (AvgIpc) is 3.37. The van der Waals surface area contributed by atoms with Crippen molar-refractivity contribution in [1.29, 1.82) is 0 Å². The fourth-order valence-corrected chi connectivity index (χ4v) is 7.45. The van der Waals surface area contributed by atoms with Gasteiger partial charge in [0.1, 0.15) is 48.8 Å². The molecule has 0 bridgehead atoms. The maximum atomic E-state index is 11.6. The topological polar surface area (TPSA) is 319 Å². The van der Waals surface area contributed by atoms with Gasteiger partial charge < -0.3 is 93.0 Å². The summed E-state index contributed by atoms with van der Waals surface area (Å²) in [5.41, 5.74) is 30.6. The Balaban J connectivity index is 1.27. The van der Waals surface area contributed by atoms with Gasteiger partial charge in [0.15, 0.2) is 18.9 Å². The van der Waals surface area contributed by atoms with Crippen molar-refractivity contribution in [3.63, 3.8) is 0 Å². The van der Waals surface area contributed by atoms with Crippen LogP contribution in [0.4, 0.5) is 0 Å². The van der Waals surface area contributed by atoms with Gasteiger partial charge in [-0.15, -0.1) is 0 Å². The molecule has 18 nitrogen and oxygen atoms in total. The summed E-state index contributed by atoms with van der Waals surface area (Å²) < 4.78 is 36.3. The van der Waals surface area contributed by atoms with Crippen LogP contribution in [0.3, 0.4) is 0 Å². The van der Waals surface area contributed by atoms with Gasteiger partial charge in [-0.2, -0.15) is 0 Å². The van der Waals surface area contributed by atoms with E-state index in [1.807, 2.05) is 6.08 Å². The van der Waals surface area contributed by atoms with E-state index in [-0.39, 0.29) is 31.2 Å². The Labute approximate surface area is 286 Å². The number of aliphatic hydroxyl groups is 6. The van der Waals surface area contributed by atoms with Crippen LogP contribution in [0.2, 0.25) is 0 Å². The monoisotopic (exact) mass is 706 g/mol. The quantitative estimate of drug-likeness (QED) is 0.0706. The van der Waals surface area contributed by atoms with Gasteiger partial charge in [-0.25, -0.2) is 0 Å². The molecule has 0 amide bonds. The first-order chi connectivity index (χ1) is 23.4. The Morgan fingerprint density at radius 2 is 1.41 bits per heavy atom. The Bertz CT molecular complexity index is 1050. The van der Waals surface area contributed by atoms with Gasteiger partial charge in [-0.3, -0.25) is 0 Å². The van der Waals surface area contributed by atoms with Crippen molar-refractivity contribution in [1.82, 2.24) is 5.32 Å². The molecule has 0 aromatic carbocycles. The summed E-state index contributed by atoms with van der Waals surface area (Å²) in [6.45, 7) is 0.538. The third kappa shape index (κ3) is 9.16. The molecule has 49 heavy (non-hydrogen) atoms. The van der Waals surface area contributed by atoms with Crippen LogP contribution >= 0.6 is 0 Å². The van der Waals surface area contributed by atoms with Crippen LogP contribution < -0.4 is 34.0 Å². The number of nitrogens with two attached hydrogens (primary N) is 5. The molecular weight excluding hydrogens is 648 g/mol. The zero-order valence-electron chi connectivity index (χ0n) is 27.7. The van der Waals surface area contributed by atoms with E-state index in [9.17, 15) is 30.6 Å². The summed E-state index contributed by atoms with van der Waals surface area (Å²) in [5.74, 6) is 0.159. The minimum atomic E-state index is -1.54. The second-order valence-electron chi connectivity index (χ2n) is 14.1. The van der Waals surface area contributed by atoms with Crippen molar-refractivity contribution in [2.45, 2.75) is 136 Å². The number of hydrogen-bond acceptors (Lipinski definition) is 18. The predicted octanol–water partition coefficient (Wildman–Crippen LogP) is -5.63. The maximum Gasteiger partial charge on any atom is 0.187 e. The van der Waals surface area contributed by atoms with Gasteiger partial charge in [0.05, 0.1) is 30.9 Å². The molecule has 3 heterocycles. The van der Waals surface area contributed by atoms with E-state index in [0.29, 0.717) is 31.7 Å². The van der Waals surface area contributed by atoms with E-state index in [1.165, 1.54) is 0 Å². The predicted molar refractivity (Wildman–Crippen MR) is 172 cm³/mol. The van der Waals surface area contributed by atoms with E-state index in [4.69, 9.17) is 57.1 Å². The third-order valence-electron chi connectivity index (χ3n) is 10.4. The lowest BCUT2D eigenvalue weighted by molar-refractivity contribution is -0.286. The molecule has 17 atom stereocenters. The fraction of sp³-hybridized carbons (Fsp3) is 0.935. The van der Waals surface area contributed by atoms with E-state index in [2.05, 4.69) is 5.32 Å². The molecule has 3 aliphatic heterocycles. The second-order valence-corrected chi connectivity index (χ2v) is 14.1. The molecule has 284 valence electrons. The third-order valence-corrected chi connectivity index (χ3v) is 10.4. The van der Waals surface area contributed by atoms with Gasteiger partial charge in [0.25, 0.3) is 0 Å². The zero-order chi connectivity index (χ0) is 35.4. The molecule has 4 fully saturated rings. The minimum absolute atomic E-state index is 0.0756. The lowest BCUT2D eigenvalue weighted by Crippen LogP contribution is -2.64. The van der Waals surface area contributed by atoms with Crippen molar-refractivity contribution in [3.8, 4) is 0 Å². The highest BCUT2D eigenvalue weighted by Gasteiger charge is 2.53. The normalized spacial score (nSPS) is 48.8. The van der Waals surface area contributed by atoms with Crippen molar-refractivity contribution in [3.05, 3.63) is 12.2 Å². The van der Waals surface area contributed by atoms with Gasteiger partial charge in [-0.05, 0) is 50.5 Å². The molecule has 5 rings (SSSR count). The van der Waals surface area contributed by atoms with Crippen molar-refractivity contribution < 1.29 is 59.1 Å². The van der Waals surface area contributed by atoms with Crippen LogP contribution in [0.15, 0.2) is 12.2 Å². The largest absolute Gasteiger partial charge is 0.396 e. The molecule has 17 N–H and O–H groups in total. The molecular formula is C31H58N6O12. The molecule has 2 saturated heterocycles. The van der Waals surface area contributed by atoms with E-state index in [1.54, 1.807) is 6.08 Å². The first-order valence-corrected chi connectivity index (χ1v) is 17.4. The van der Waals surface area contributed by atoms with Crippen LogP contribution in [-0.2, 0) is 28.4 Å². The van der Waals surface area contributed by atoms with Crippen LogP contribution in [-0.4, -0.2) is 168 Å². The Hall–Kier alpha value is -0.980. The Morgan fingerprint density at radius 1 is 0.714 bits per heavy atom. The second kappa shape index (κ2) is 17.7. The molecule has 5 aliphatic rings. The Morgan fingerprint density at radius 3 is 2.08 bits per heavy atom. The maximum absolute atomic E-state index is 11.6. The SMILES string of the molecule is NC[C@@H]1O[C@H](O[C@H]2[C@@H](O)[C@H](O[C@@H]3[C@@H](O)[C@H](CCCO)C[C@H](N)[C@H]3O[C@H]3O[C@H](CNCC4CC(N)C4)C=C[C@H]3N)O[C@@H]2CO)[C@H](N)[C@@H](O)[C@@H]1O. The van der Waals surface area contributed by atoms with Crippen LogP contribution in [0.25, 0.3) is 0 Å². The highest BCUT2D eigenvalue weighted by Crippen LogP contribution is 2.37. The van der Waals surface area contributed by atoms with E-state index in [0.717, 1.165) is 19.4 Å². The lowest BCUT2D eigenvalue weighted by Gasteiger charge is -2.46. The summed E-state index contributed by atoms with van der Waals surface area (Å²) in [6.07, 6.45) is -8.12. The van der Waals surface area contributed by atoms with Crippen molar-refractivity contribution in [2.24, 2.45) is 40.5 Å². The summed E-state index contributed by atoms with van der Waals surface area (Å²) >= 11 is 0. The fourth-order valence-electron chi connectivity index (χ4n) is 7.45. The van der Waals surface area contributed by atoms with Crippen LogP contribution in [0.1, 0.15) is 32.1 Å². The lowest BCUT2D eigenvalue weighted by atomic mass is 9.77. The van der Waals surface area contributed by atoms with E-state index < -0.39 is 98.5 Å². The summed E-state index contributed by atoms with van der Waals surface area (Å²) in [6, 6.07) is -2.25. The number of hydrogen-bond donors (Lipinski definition) is 12. The van der Waals surface area contributed by atoms with Crippen LogP contribution in [0, 0.1) is 11.8 Å². The number of rotatable bonds is 15. The van der Waals surface area contributed by atoms with Crippen LogP contribution in [0.5, 0.6) is 0 Å². The first-order valence-electron chi connectivity index (χ1n) is 17.4. The highest BCUT2D eigenvalue weighted by molar-refractivity contribution is 5.05. The average molecular weight is 707 g/mol. The first kappa shape index (κ1) is 39.2. The highest BCUT2D eigenvalue weighted by atomic mass is 16.8. The smallest absolute Gasteiger partial charge is 0.187 e. The summed E-state index contributed by atoms with van der Waals surface area (Å²) in [5, 5.41) is 66.6.